The van der Waals surface area contributed by atoms with Crippen LogP contribution in [0.5, 0.6) is 0 Å². The lowest BCUT2D eigenvalue weighted by Gasteiger charge is -2.32. The Hall–Kier alpha value is -2.87. The highest BCUT2D eigenvalue weighted by Crippen LogP contribution is 2.30. The van der Waals surface area contributed by atoms with Crippen LogP contribution in [0, 0.1) is 5.92 Å². The maximum Gasteiger partial charge on any atom is 0.416 e. The molecule has 1 fully saturated rings. The molecule has 1 aliphatic rings. The zero-order valence-electron chi connectivity index (χ0n) is 16.4. The molecule has 0 aliphatic carbocycles. The summed E-state index contributed by atoms with van der Waals surface area (Å²) in [5.41, 5.74) is 0.303. The summed E-state index contributed by atoms with van der Waals surface area (Å²) in [6.07, 6.45) is -2.71. The van der Waals surface area contributed by atoms with E-state index in [0.29, 0.717) is 6.54 Å². The number of carbonyl (C=O) groups is 2. The van der Waals surface area contributed by atoms with Crippen LogP contribution in [0.3, 0.4) is 0 Å². The molecule has 0 saturated carbocycles. The van der Waals surface area contributed by atoms with Crippen LogP contribution in [0.25, 0.3) is 0 Å². The predicted octanol–water partition coefficient (Wildman–Crippen LogP) is 3.67. The third-order valence-electron chi connectivity index (χ3n) is 5.16. The van der Waals surface area contributed by atoms with Gasteiger partial charge >= 0.3 is 18.0 Å². The summed E-state index contributed by atoms with van der Waals surface area (Å²) < 4.78 is 38.2. The smallest absolute Gasteiger partial charge is 0.348 e. The Morgan fingerprint density at radius 3 is 2.33 bits per heavy atom. The Morgan fingerprint density at radius 2 is 1.67 bits per heavy atom. The van der Waals surface area contributed by atoms with Crippen LogP contribution in [0.4, 0.5) is 18.9 Å². The molecule has 0 unspecified atom stereocenters. The molecule has 1 heterocycles. The van der Waals surface area contributed by atoms with Crippen LogP contribution in [0.15, 0.2) is 54.6 Å². The number of halogens is 3. The number of rotatable bonds is 5. The average molecular weight is 419 g/mol. The zero-order chi connectivity index (χ0) is 21.6. The zero-order valence-corrected chi connectivity index (χ0v) is 16.4. The lowest BCUT2D eigenvalue weighted by Crippen LogP contribution is -2.41. The topological polar surface area (TPSA) is 61.4 Å². The number of nitrogens with one attached hydrogen (secondary N) is 2. The molecule has 1 saturated heterocycles. The number of benzene rings is 2. The molecule has 2 N–H and O–H groups in total. The maximum absolute atomic E-state index is 12.7. The van der Waals surface area contributed by atoms with E-state index >= 15 is 0 Å². The number of alkyl halides is 3. The van der Waals surface area contributed by atoms with Crippen molar-refractivity contribution in [2.75, 3.05) is 25.0 Å². The van der Waals surface area contributed by atoms with Crippen molar-refractivity contribution < 1.29 is 22.8 Å². The van der Waals surface area contributed by atoms with Crippen molar-refractivity contribution in [2.45, 2.75) is 25.6 Å². The normalized spacial score (nSPS) is 15.6. The second-order valence-corrected chi connectivity index (χ2v) is 7.45. The van der Waals surface area contributed by atoms with E-state index in [1.54, 1.807) is 0 Å². The molecule has 0 atom stereocenters. The summed E-state index contributed by atoms with van der Waals surface area (Å²) in [5, 5.41) is 4.81. The summed E-state index contributed by atoms with van der Waals surface area (Å²) >= 11 is 0. The molecule has 3 rings (SSSR count). The van der Waals surface area contributed by atoms with Gasteiger partial charge in [-0.1, -0.05) is 36.4 Å². The van der Waals surface area contributed by atoms with Crippen LogP contribution in [0.1, 0.15) is 24.0 Å². The number of carbonyl (C=O) groups excluding carboxylic acids is 2. The lowest BCUT2D eigenvalue weighted by molar-refractivity contribution is -0.137. The van der Waals surface area contributed by atoms with E-state index in [1.165, 1.54) is 17.7 Å². The fraction of sp³-hybridized carbons (Fsp3) is 0.364. The third-order valence-corrected chi connectivity index (χ3v) is 5.16. The minimum atomic E-state index is -4.52. The van der Waals surface area contributed by atoms with Gasteiger partial charge in [0.05, 0.1) is 5.56 Å². The first-order valence-corrected chi connectivity index (χ1v) is 9.84. The first-order valence-electron chi connectivity index (χ1n) is 9.84. The van der Waals surface area contributed by atoms with Gasteiger partial charge in [-0.2, -0.15) is 13.2 Å². The molecular weight excluding hydrogens is 395 g/mol. The molecule has 160 valence electrons. The largest absolute Gasteiger partial charge is 0.416 e. The van der Waals surface area contributed by atoms with E-state index in [9.17, 15) is 22.8 Å². The van der Waals surface area contributed by atoms with Gasteiger partial charge in [0.1, 0.15) is 0 Å². The van der Waals surface area contributed by atoms with Gasteiger partial charge in [-0.25, -0.2) is 0 Å². The average Bonchev–Trinajstić information content (AvgIpc) is 2.73. The summed E-state index contributed by atoms with van der Waals surface area (Å²) in [7, 11) is 0. The Bertz CT molecular complexity index is 863. The molecule has 0 aromatic heterocycles. The summed E-state index contributed by atoms with van der Waals surface area (Å²) in [4.78, 5) is 26.4. The Kier molecular flexibility index (Phi) is 7.10. The van der Waals surface area contributed by atoms with Crippen LogP contribution in [-0.2, 0) is 22.3 Å². The quantitative estimate of drug-likeness (QED) is 0.727. The fourth-order valence-electron chi connectivity index (χ4n) is 3.47. The van der Waals surface area contributed by atoms with Crippen LogP contribution < -0.4 is 10.6 Å². The molecule has 2 aromatic rings. The number of anilines is 1. The van der Waals surface area contributed by atoms with E-state index in [2.05, 4.69) is 27.7 Å². The van der Waals surface area contributed by atoms with E-state index in [1.807, 2.05) is 18.2 Å². The van der Waals surface area contributed by atoms with Gasteiger partial charge in [0.15, 0.2) is 0 Å². The third kappa shape index (κ3) is 6.32. The van der Waals surface area contributed by atoms with Crippen molar-refractivity contribution >= 4 is 17.5 Å². The standard InChI is InChI=1S/C22H24F3N3O2/c23-22(24,25)18-7-4-8-19(13-18)27-21(30)20(29)26-14-16-9-11-28(12-10-16)15-17-5-2-1-3-6-17/h1-8,13,16H,9-12,14-15H2,(H,26,29)(H,27,30). The Labute approximate surface area is 173 Å². The fourth-order valence-corrected chi connectivity index (χ4v) is 3.47. The van der Waals surface area contributed by atoms with Gasteiger partial charge in [0.25, 0.3) is 0 Å². The highest BCUT2D eigenvalue weighted by Gasteiger charge is 2.30. The summed E-state index contributed by atoms with van der Waals surface area (Å²) in [6.45, 7) is 3.07. The molecule has 5 nitrogen and oxygen atoms in total. The number of nitrogens with zero attached hydrogens (tertiary/aromatic N) is 1. The van der Waals surface area contributed by atoms with Gasteiger partial charge in [-0.05, 0) is 55.6 Å². The minimum absolute atomic E-state index is 0.0702. The van der Waals surface area contributed by atoms with Crippen molar-refractivity contribution in [3.05, 3.63) is 65.7 Å². The highest BCUT2D eigenvalue weighted by molar-refractivity contribution is 6.39. The second-order valence-electron chi connectivity index (χ2n) is 7.45. The molecule has 8 heteroatoms. The lowest BCUT2D eigenvalue weighted by atomic mass is 9.96. The van der Waals surface area contributed by atoms with Crippen LogP contribution in [0.2, 0.25) is 0 Å². The molecule has 0 bridgehead atoms. The van der Waals surface area contributed by atoms with E-state index in [0.717, 1.165) is 44.6 Å². The minimum Gasteiger partial charge on any atom is -0.348 e. The highest BCUT2D eigenvalue weighted by atomic mass is 19.4. The first kappa shape index (κ1) is 21.8. The Balaban J connectivity index is 1.41. The first-order chi connectivity index (χ1) is 14.3. The van der Waals surface area contributed by atoms with Crippen LogP contribution in [-0.4, -0.2) is 36.3 Å². The van der Waals surface area contributed by atoms with Crippen molar-refractivity contribution in [2.24, 2.45) is 5.92 Å². The molecule has 0 radical (unpaired) electrons. The van der Waals surface area contributed by atoms with Crippen molar-refractivity contribution in [1.29, 1.82) is 0 Å². The molecule has 30 heavy (non-hydrogen) atoms. The maximum atomic E-state index is 12.7. The van der Waals surface area contributed by atoms with Gasteiger partial charge in [0, 0.05) is 18.8 Å². The summed E-state index contributed by atoms with van der Waals surface area (Å²) in [5.74, 6) is -1.56. The van der Waals surface area contributed by atoms with Crippen LogP contribution >= 0.6 is 0 Å². The Morgan fingerprint density at radius 1 is 0.967 bits per heavy atom. The van der Waals surface area contributed by atoms with E-state index in [-0.39, 0.29) is 11.6 Å². The van der Waals surface area contributed by atoms with E-state index in [4.69, 9.17) is 0 Å². The number of likely N-dealkylation sites (tertiary alicyclic amines) is 1. The van der Waals surface area contributed by atoms with Crippen molar-refractivity contribution in [1.82, 2.24) is 10.2 Å². The molecule has 0 spiro atoms. The second kappa shape index (κ2) is 9.75. The van der Waals surface area contributed by atoms with Gasteiger partial charge in [-0.15, -0.1) is 0 Å². The summed E-state index contributed by atoms with van der Waals surface area (Å²) in [6, 6.07) is 14.4. The predicted molar refractivity (Wildman–Crippen MR) is 108 cm³/mol. The van der Waals surface area contributed by atoms with Crippen molar-refractivity contribution in [3.63, 3.8) is 0 Å². The van der Waals surface area contributed by atoms with Crippen molar-refractivity contribution in [3.8, 4) is 0 Å². The number of hydrogen-bond donors (Lipinski definition) is 2. The number of hydrogen-bond acceptors (Lipinski definition) is 3. The van der Waals surface area contributed by atoms with E-state index < -0.39 is 23.6 Å². The SMILES string of the molecule is O=C(NCC1CCN(Cc2ccccc2)CC1)C(=O)Nc1cccc(C(F)(F)F)c1. The van der Waals surface area contributed by atoms with Gasteiger partial charge < -0.3 is 10.6 Å². The number of piperidine rings is 1. The molecule has 2 amide bonds. The van der Waals surface area contributed by atoms with Gasteiger partial charge in [-0.3, -0.25) is 14.5 Å². The monoisotopic (exact) mass is 419 g/mol. The van der Waals surface area contributed by atoms with Gasteiger partial charge in [0.2, 0.25) is 0 Å². The molecule has 2 aromatic carbocycles. The molecular formula is C22H24F3N3O2. The number of amides is 2. The molecule has 1 aliphatic heterocycles.